The van der Waals surface area contributed by atoms with Gasteiger partial charge in [0, 0.05) is 5.69 Å². The largest absolute Gasteiger partial charge is 0.364 e. The van der Waals surface area contributed by atoms with E-state index >= 15 is 0 Å². The third-order valence-electron chi connectivity index (χ3n) is 2.12. The fraction of sp³-hybridized carbons (Fsp3) is 0.167. The van der Waals surface area contributed by atoms with Crippen molar-refractivity contribution in [2.75, 3.05) is 5.32 Å². The molecule has 2 aromatic heterocycles. The van der Waals surface area contributed by atoms with Crippen LogP contribution in [0.4, 0.5) is 10.2 Å². The van der Waals surface area contributed by atoms with E-state index in [1.807, 2.05) is 25.1 Å². The second-order valence-electron chi connectivity index (χ2n) is 3.49. The summed E-state index contributed by atoms with van der Waals surface area (Å²) in [6, 6.07) is 8.81. The highest BCUT2D eigenvalue weighted by atomic mass is 19.1. The summed E-state index contributed by atoms with van der Waals surface area (Å²) in [6.07, 6.45) is 1.19. The first-order valence-corrected chi connectivity index (χ1v) is 5.02. The van der Waals surface area contributed by atoms with Crippen LogP contribution in [0.15, 0.2) is 36.5 Å². The molecule has 0 aliphatic heterocycles. The first-order valence-electron chi connectivity index (χ1n) is 5.02. The van der Waals surface area contributed by atoms with E-state index in [9.17, 15) is 4.39 Å². The molecule has 0 fully saturated rings. The summed E-state index contributed by atoms with van der Waals surface area (Å²) in [7, 11) is 0. The molecule has 0 bridgehead atoms. The minimum absolute atomic E-state index is 0.334. The molecule has 0 aliphatic carbocycles. The average Bonchev–Trinajstić information content (AvgIpc) is 2.28. The molecule has 0 amide bonds. The van der Waals surface area contributed by atoms with Gasteiger partial charge in [0.1, 0.15) is 11.6 Å². The van der Waals surface area contributed by atoms with Crippen LogP contribution in [0.2, 0.25) is 0 Å². The molecule has 2 rings (SSSR count). The summed E-state index contributed by atoms with van der Waals surface area (Å²) in [5.74, 6) is 0.309. The Bertz CT molecular complexity index is 468. The minimum Gasteiger partial charge on any atom is -0.364 e. The second-order valence-corrected chi connectivity index (χ2v) is 3.49. The van der Waals surface area contributed by atoms with Crippen molar-refractivity contribution in [3.05, 3.63) is 53.7 Å². The molecule has 3 nitrogen and oxygen atoms in total. The summed E-state index contributed by atoms with van der Waals surface area (Å²) in [5.41, 5.74) is 1.91. The Morgan fingerprint density at radius 1 is 1.25 bits per heavy atom. The zero-order valence-corrected chi connectivity index (χ0v) is 8.94. The normalized spacial score (nSPS) is 10.1. The third-order valence-corrected chi connectivity index (χ3v) is 2.12. The molecule has 0 radical (unpaired) electrons. The number of hydrogen-bond acceptors (Lipinski definition) is 3. The quantitative estimate of drug-likeness (QED) is 0.858. The number of anilines is 1. The highest BCUT2D eigenvalue weighted by molar-refractivity contribution is 5.34. The smallest absolute Gasteiger partial charge is 0.141 e. The van der Waals surface area contributed by atoms with Crippen molar-refractivity contribution in [2.45, 2.75) is 13.5 Å². The van der Waals surface area contributed by atoms with Gasteiger partial charge in [-0.25, -0.2) is 9.37 Å². The number of aryl methyl sites for hydroxylation is 1. The van der Waals surface area contributed by atoms with E-state index in [1.165, 1.54) is 12.3 Å². The molecule has 0 atom stereocenters. The molecular weight excluding hydrogens is 205 g/mol. The second kappa shape index (κ2) is 4.70. The van der Waals surface area contributed by atoms with Gasteiger partial charge in [-0.2, -0.15) is 0 Å². The van der Waals surface area contributed by atoms with Crippen molar-refractivity contribution in [1.82, 2.24) is 9.97 Å². The number of aromatic nitrogens is 2. The van der Waals surface area contributed by atoms with Crippen molar-refractivity contribution in [1.29, 1.82) is 0 Å². The zero-order valence-electron chi connectivity index (χ0n) is 8.94. The number of rotatable bonds is 3. The maximum atomic E-state index is 12.6. The molecule has 2 heterocycles. The molecule has 1 N–H and O–H groups in total. The number of pyridine rings is 2. The summed E-state index contributed by atoms with van der Waals surface area (Å²) in [4.78, 5) is 8.24. The Morgan fingerprint density at radius 2 is 2.12 bits per heavy atom. The molecule has 16 heavy (non-hydrogen) atoms. The van der Waals surface area contributed by atoms with Crippen LogP contribution in [0.1, 0.15) is 11.4 Å². The standard InChI is InChI=1S/C12H12FN3/c1-9-3-2-4-11(16-9)8-15-12-6-5-10(13)7-14-12/h2-7H,8H2,1H3,(H,14,15). The topological polar surface area (TPSA) is 37.8 Å². The monoisotopic (exact) mass is 217 g/mol. The zero-order chi connectivity index (χ0) is 11.4. The lowest BCUT2D eigenvalue weighted by Crippen LogP contribution is -2.03. The molecule has 0 aliphatic rings. The van der Waals surface area contributed by atoms with Crippen LogP contribution in [-0.2, 0) is 6.54 Å². The van der Waals surface area contributed by atoms with E-state index in [0.717, 1.165) is 11.4 Å². The van der Waals surface area contributed by atoms with Gasteiger partial charge in [-0.05, 0) is 31.2 Å². The number of halogens is 1. The van der Waals surface area contributed by atoms with E-state index in [0.29, 0.717) is 12.4 Å². The fourth-order valence-electron chi connectivity index (χ4n) is 1.36. The Balaban J connectivity index is 1.99. The Morgan fingerprint density at radius 3 is 2.81 bits per heavy atom. The van der Waals surface area contributed by atoms with Crippen LogP contribution in [0.25, 0.3) is 0 Å². The molecule has 0 unspecified atom stereocenters. The number of nitrogens with one attached hydrogen (secondary N) is 1. The van der Waals surface area contributed by atoms with Gasteiger partial charge in [-0.1, -0.05) is 6.07 Å². The van der Waals surface area contributed by atoms with Crippen molar-refractivity contribution in [2.24, 2.45) is 0 Å². The van der Waals surface area contributed by atoms with Crippen LogP contribution in [0.5, 0.6) is 0 Å². The van der Waals surface area contributed by atoms with Gasteiger partial charge in [-0.15, -0.1) is 0 Å². The first-order chi connectivity index (χ1) is 7.74. The first kappa shape index (κ1) is 10.5. The Labute approximate surface area is 93.4 Å². The van der Waals surface area contributed by atoms with Crippen molar-refractivity contribution in [3.63, 3.8) is 0 Å². The number of hydrogen-bond donors (Lipinski definition) is 1. The molecule has 0 saturated carbocycles. The third kappa shape index (κ3) is 2.76. The number of nitrogens with zero attached hydrogens (tertiary/aromatic N) is 2. The van der Waals surface area contributed by atoms with Crippen molar-refractivity contribution < 1.29 is 4.39 Å². The maximum Gasteiger partial charge on any atom is 0.141 e. The van der Waals surface area contributed by atoms with Crippen LogP contribution in [0, 0.1) is 12.7 Å². The summed E-state index contributed by atoms with van der Waals surface area (Å²) >= 11 is 0. The summed E-state index contributed by atoms with van der Waals surface area (Å²) < 4.78 is 12.6. The van der Waals surface area contributed by atoms with Gasteiger partial charge in [-0.3, -0.25) is 4.98 Å². The molecular formula is C12H12FN3. The van der Waals surface area contributed by atoms with Gasteiger partial charge in [0.25, 0.3) is 0 Å². The maximum absolute atomic E-state index is 12.6. The van der Waals surface area contributed by atoms with E-state index in [1.54, 1.807) is 6.07 Å². The molecule has 0 saturated heterocycles. The van der Waals surface area contributed by atoms with Crippen LogP contribution >= 0.6 is 0 Å². The lowest BCUT2D eigenvalue weighted by Gasteiger charge is -2.05. The van der Waals surface area contributed by atoms with Gasteiger partial charge in [0.2, 0.25) is 0 Å². The van der Waals surface area contributed by atoms with Crippen molar-refractivity contribution >= 4 is 5.82 Å². The van der Waals surface area contributed by atoms with Crippen LogP contribution in [-0.4, -0.2) is 9.97 Å². The molecule has 0 aromatic carbocycles. The lowest BCUT2D eigenvalue weighted by molar-refractivity contribution is 0.621. The Kier molecular flexibility index (Phi) is 3.10. The molecule has 2 aromatic rings. The van der Waals surface area contributed by atoms with E-state index < -0.39 is 0 Å². The fourth-order valence-corrected chi connectivity index (χ4v) is 1.36. The lowest BCUT2D eigenvalue weighted by atomic mass is 10.3. The highest BCUT2D eigenvalue weighted by Gasteiger charge is 1.97. The molecule has 4 heteroatoms. The Hall–Kier alpha value is -1.97. The average molecular weight is 217 g/mol. The van der Waals surface area contributed by atoms with Crippen molar-refractivity contribution in [3.8, 4) is 0 Å². The predicted molar refractivity (Wildman–Crippen MR) is 60.5 cm³/mol. The van der Waals surface area contributed by atoms with Gasteiger partial charge >= 0.3 is 0 Å². The molecule has 0 spiro atoms. The summed E-state index contributed by atoms with van der Waals surface area (Å²) in [6.45, 7) is 2.53. The van der Waals surface area contributed by atoms with Gasteiger partial charge in [0.05, 0.1) is 18.4 Å². The SMILES string of the molecule is Cc1cccc(CNc2ccc(F)cn2)n1. The minimum atomic E-state index is -0.334. The van der Waals surface area contributed by atoms with E-state index in [-0.39, 0.29) is 5.82 Å². The molecule has 82 valence electrons. The van der Waals surface area contributed by atoms with E-state index in [2.05, 4.69) is 15.3 Å². The van der Waals surface area contributed by atoms with Crippen LogP contribution in [0.3, 0.4) is 0 Å². The van der Waals surface area contributed by atoms with Gasteiger partial charge in [0.15, 0.2) is 0 Å². The van der Waals surface area contributed by atoms with Crippen LogP contribution < -0.4 is 5.32 Å². The van der Waals surface area contributed by atoms with E-state index in [4.69, 9.17) is 0 Å². The summed E-state index contributed by atoms with van der Waals surface area (Å²) in [5, 5.41) is 3.08. The van der Waals surface area contributed by atoms with Gasteiger partial charge < -0.3 is 5.32 Å². The highest BCUT2D eigenvalue weighted by Crippen LogP contribution is 2.06. The predicted octanol–water partition coefficient (Wildman–Crippen LogP) is 2.54.